The van der Waals surface area contributed by atoms with Gasteiger partial charge in [-0.15, -0.1) is 0 Å². The summed E-state index contributed by atoms with van der Waals surface area (Å²) in [5, 5.41) is 3.34. The van der Waals surface area contributed by atoms with E-state index in [0.29, 0.717) is 19.2 Å². The molecule has 0 saturated carbocycles. The smallest absolute Gasteiger partial charge is 0.435 e. The van der Waals surface area contributed by atoms with Crippen molar-refractivity contribution in [2.75, 3.05) is 19.7 Å². The zero-order valence-electron chi connectivity index (χ0n) is 12.0. The summed E-state index contributed by atoms with van der Waals surface area (Å²) in [4.78, 5) is 25.3. The lowest BCUT2D eigenvalue weighted by molar-refractivity contribution is -0.142. The molecule has 0 unspecified atom stereocenters. The predicted octanol–water partition coefficient (Wildman–Crippen LogP) is 1.70. The first-order valence-electron chi connectivity index (χ1n) is 6.93. The number of amides is 1. The molecule has 0 spiro atoms. The number of rotatable bonds is 4. The van der Waals surface area contributed by atoms with Gasteiger partial charge in [-0.3, -0.25) is 4.79 Å². The van der Waals surface area contributed by atoms with Crippen LogP contribution in [0.4, 0.5) is 13.2 Å². The fourth-order valence-corrected chi connectivity index (χ4v) is 2.24. The van der Waals surface area contributed by atoms with Gasteiger partial charge in [-0.2, -0.15) is 18.3 Å². The van der Waals surface area contributed by atoms with Crippen LogP contribution in [0.3, 0.4) is 0 Å². The molecule has 0 aliphatic carbocycles. The molecular weight excluding hydrogens is 303 g/mol. The van der Waals surface area contributed by atoms with Crippen molar-refractivity contribution in [2.24, 2.45) is 0 Å². The normalized spacial score (nSPS) is 15.2. The molecule has 6 nitrogen and oxygen atoms in total. The molecule has 0 atom stereocenters. The fraction of sp³-hybridized carbons (Fsp3) is 0.615. The molecule has 1 aliphatic heterocycles. The zero-order chi connectivity index (χ0) is 16.3. The lowest BCUT2D eigenvalue weighted by Gasteiger charge is -2.15. The van der Waals surface area contributed by atoms with Crippen LogP contribution in [0, 0.1) is 0 Å². The molecule has 2 heterocycles. The molecular formula is C13H16F3N3O3. The Bertz CT molecular complexity index is 563. The van der Waals surface area contributed by atoms with Crippen LogP contribution in [0.5, 0.6) is 0 Å². The topological polar surface area (TPSA) is 64.4 Å². The first-order valence-corrected chi connectivity index (χ1v) is 6.93. The van der Waals surface area contributed by atoms with E-state index in [1.54, 1.807) is 11.8 Å². The van der Waals surface area contributed by atoms with E-state index in [0.717, 1.165) is 17.5 Å². The molecule has 0 radical (unpaired) electrons. The Labute approximate surface area is 124 Å². The van der Waals surface area contributed by atoms with E-state index < -0.39 is 24.4 Å². The second kappa shape index (κ2) is 6.37. The Morgan fingerprint density at radius 2 is 1.95 bits per heavy atom. The second-order valence-corrected chi connectivity index (χ2v) is 4.88. The fourth-order valence-electron chi connectivity index (χ4n) is 2.24. The van der Waals surface area contributed by atoms with E-state index in [-0.39, 0.29) is 18.2 Å². The van der Waals surface area contributed by atoms with Gasteiger partial charge in [0.25, 0.3) is 0 Å². The summed E-state index contributed by atoms with van der Waals surface area (Å²) in [7, 11) is 0. The highest BCUT2D eigenvalue weighted by atomic mass is 19.4. The third kappa shape index (κ3) is 3.58. The van der Waals surface area contributed by atoms with Gasteiger partial charge in [-0.25, -0.2) is 9.48 Å². The average molecular weight is 319 g/mol. The minimum Gasteiger partial charge on any atom is -0.461 e. The summed E-state index contributed by atoms with van der Waals surface area (Å²) in [6, 6.07) is 0.606. The molecule has 2 rings (SSSR count). The first-order chi connectivity index (χ1) is 10.3. The van der Waals surface area contributed by atoms with Crippen molar-refractivity contribution in [3.8, 4) is 0 Å². The number of halogens is 3. The summed E-state index contributed by atoms with van der Waals surface area (Å²) in [5.74, 6) is -1.29. The SMILES string of the molecule is CCOC(=O)c1cc(C(F)(F)F)nn1CC(=O)N1CCCC1. The van der Waals surface area contributed by atoms with Crippen molar-refractivity contribution in [3.05, 3.63) is 17.5 Å². The lowest BCUT2D eigenvalue weighted by atomic mass is 10.3. The number of ether oxygens (including phenoxy) is 1. The summed E-state index contributed by atoms with van der Waals surface area (Å²) in [5.41, 5.74) is -1.59. The number of aromatic nitrogens is 2. The van der Waals surface area contributed by atoms with Gasteiger partial charge < -0.3 is 9.64 Å². The Kier molecular flexibility index (Phi) is 4.72. The van der Waals surface area contributed by atoms with Gasteiger partial charge in [-0.05, 0) is 19.8 Å². The van der Waals surface area contributed by atoms with Crippen molar-refractivity contribution < 1.29 is 27.5 Å². The molecule has 1 aliphatic rings. The molecule has 0 bridgehead atoms. The monoisotopic (exact) mass is 319 g/mol. The Morgan fingerprint density at radius 3 is 2.50 bits per heavy atom. The van der Waals surface area contributed by atoms with Gasteiger partial charge in [0, 0.05) is 19.2 Å². The van der Waals surface area contributed by atoms with Crippen LogP contribution in [0.2, 0.25) is 0 Å². The van der Waals surface area contributed by atoms with E-state index in [9.17, 15) is 22.8 Å². The van der Waals surface area contributed by atoms with Crippen molar-refractivity contribution in [1.29, 1.82) is 0 Å². The number of carbonyl (C=O) groups excluding carboxylic acids is 2. The van der Waals surface area contributed by atoms with Crippen molar-refractivity contribution >= 4 is 11.9 Å². The van der Waals surface area contributed by atoms with Gasteiger partial charge in [0.2, 0.25) is 5.91 Å². The minimum absolute atomic E-state index is 0.0193. The van der Waals surface area contributed by atoms with E-state index in [4.69, 9.17) is 4.74 Å². The first kappa shape index (κ1) is 16.3. The van der Waals surface area contributed by atoms with Crippen LogP contribution in [0.15, 0.2) is 6.07 Å². The maximum absolute atomic E-state index is 12.7. The van der Waals surface area contributed by atoms with Crippen LogP contribution in [-0.2, 0) is 22.3 Å². The molecule has 1 aromatic heterocycles. The molecule has 122 valence electrons. The molecule has 1 amide bonds. The van der Waals surface area contributed by atoms with Gasteiger partial charge in [0.15, 0.2) is 5.69 Å². The number of hydrogen-bond donors (Lipinski definition) is 0. The highest BCUT2D eigenvalue weighted by molar-refractivity contribution is 5.88. The molecule has 0 aromatic carbocycles. The third-order valence-electron chi connectivity index (χ3n) is 3.30. The number of nitrogens with zero attached hydrogens (tertiary/aromatic N) is 3. The quantitative estimate of drug-likeness (QED) is 0.793. The number of carbonyl (C=O) groups is 2. The predicted molar refractivity (Wildman–Crippen MR) is 69.0 cm³/mol. The molecule has 1 aromatic rings. The number of alkyl halides is 3. The van der Waals surface area contributed by atoms with Crippen LogP contribution in [-0.4, -0.2) is 46.3 Å². The molecule has 1 fully saturated rings. The highest BCUT2D eigenvalue weighted by Crippen LogP contribution is 2.28. The van der Waals surface area contributed by atoms with E-state index in [1.807, 2.05) is 0 Å². The summed E-state index contributed by atoms with van der Waals surface area (Å²) in [6.07, 6.45) is -2.96. The maximum Gasteiger partial charge on any atom is 0.435 e. The third-order valence-corrected chi connectivity index (χ3v) is 3.30. The standard InChI is InChI=1S/C13H16F3N3O3/c1-2-22-12(21)9-7-10(13(14,15)16)17-19(9)8-11(20)18-5-3-4-6-18/h7H,2-6,8H2,1H3. The Hall–Kier alpha value is -2.06. The van der Waals surface area contributed by atoms with Gasteiger partial charge in [0.05, 0.1) is 6.61 Å². The van der Waals surface area contributed by atoms with Gasteiger partial charge in [0.1, 0.15) is 12.2 Å². The van der Waals surface area contributed by atoms with Crippen LogP contribution >= 0.6 is 0 Å². The molecule has 0 N–H and O–H groups in total. The van der Waals surface area contributed by atoms with Crippen LogP contribution in [0.1, 0.15) is 35.9 Å². The molecule has 9 heteroatoms. The number of esters is 1. The van der Waals surface area contributed by atoms with Gasteiger partial charge in [-0.1, -0.05) is 0 Å². The summed E-state index contributed by atoms with van der Waals surface area (Å²) >= 11 is 0. The maximum atomic E-state index is 12.7. The Morgan fingerprint density at radius 1 is 1.32 bits per heavy atom. The highest BCUT2D eigenvalue weighted by Gasteiger charge is 2.36. The number of hydrogen-bond acceptors (Lipinski definition) is 4. The van der Waals surface area contributed by atoms with Crippen LogP contribution < -0.4 is 0 Å². The van der Waals surface area contributed by atoms with Crippen LogP contribution in [0.25, 0.3) is 0 Å². The summed E-state index contributed by atoms with van der Waals surface area (Å²) < 4.78 is 43.7. The lowest BCUT2D eigenvalue weighted by Crippen LogP contribution is -2.32. The Balaban J connectivity index is 2.25. The van der Waals surface area contributed by atoms with Crippen molar-refractivity contribution in [1.82, 2.24) is 14.7 Å². The zero-order valence-corrected chi connectivity index (χ0v) is 12.0. The molecule has 22 heavy (non-hydrogen) atoms. The summed E-state index contributed by atoms with van der Waals surface area (Å²) in [6.45, 7) is 2.29. The number of likely N-dealkylation sites (tertiary alicyclic amines) is 1. The molecule has 1 saturated heterocycles. The largest absolute Gasteiger partial charge is 0.461 e. The van der Waals surface area contributed by atoms with E-state index >= 15 is 0 Å². The van der Waals surface area contributed by atoms with Crippen molar-refractivity contribution in [2.45, 2.75) is 32.5 Å². The van der Waals surface area contributed by atoms with Gasteiger partial charge >= 0.3 is 12.1 Å². The van der Waals surface area contributed by atoms with E-state index in [2.05, 4.69) is 5.10 Å². The van der Waals surface area contributed by atoms with E-state index in [1.165, 1.54) is 0 Å². The van der Waals surface area contributed by atoms with Crippen molar-refractivity contribution in [3.63, 3.8) is 0 Å². The minimum atomic E-state index is -4.69. The second-order valence-electron chi connectivity index (χ2n) is 4.88. The average Bonchev–Trinajstić information content (AvgIpc) is 3.07.